The SMILES string of the molecule is N#Cc1c(N)nc(N)nc1-c1cc(Br)ccc1OCc1ccc(Cl)c(Cl)c1. The zero-order valence-corrected chi connectivity index (χ0v) is 16.8. The average molecular weight is 465 g/mol. The fourth-order valence-corrected chi connectivity index (χ4v) is 3.09. The molecule has 1 aromatic heterocycles. The fraction of sp³-hybridized carbons (Fsp3) is 0.0556. The molecule has 6 nitrogen and oxygen atoms in total. The maximum Gasteiger partial charge on any atom is 0.222 e. The number of rotatable bonds is 4. The molecule has 0 spiro atoms. The smallest absolute Gasteiger partial charge is 0.222 e. The van der Waals surface area contributed by atoms with Gasteiger partial charge in [0, 0.05) is 10.0 Å². The first-order valence-electron chi connectivity index (χ1n) is 7.58. The highest BCUT2D eigenvalue weighted by molar-refractivity contribution is 9.10. The molecule has 27 heavy (non-hydrogen) atoms. The van der Waals surface area contributed by atoms with E-state index < -0.39 is 0 Å². The molecule has 0 amide bonds. The van der Waals surface area contributed by atoms with Gasteiger partial charge in [-0.15, -0.1) is 0 Å². The lowest BCUT2D eigenvalue weighted by Gasteiger charge is -2.14. The Hall–Kier alpha value is -2.53. The Morgan fingerprint density at radius 2 is 1.85 bits per heavy atom. The molecule has 0 aliphatic rings. The Balaban J connectivity index is 2.02. The zero-order valence-electron chi connectivity index (χ0n) is 13.7. The maximum absolute atomic E-state index is 9.45. The molecule has 9 heteroatoms. The number of ether oxygens (including phenoxy) is 1. The van der Waals surface area contributed by atoms with Gasteiger partial charge in [-0.3, -0.25) is 0 Å². The molecule has 0 fully saturated rings. The van der Waals surface area contributed by atoms with E-state index >= 15 is 0 Å². The third-order valence-electron chi connectivity index (χ3n) is 3.64. The quantitative estimate of drug-likeness (QED) is 0.572. The number of nitrogens with zero attached hydrogens (tertiary/aromatic N) is 3. The van der Waals surface area contributed by atoms with Crippen molar-refractivity contribution < 1.29 is 4.74 Å². The van der Waals surface area contributed by atoms with Crippen molar-refractivity contribution in [1.29, 1.82) is 5.26 Å². The third kappa shape index (κ3) is 4.25. The predicted octanol–water partition coefficient (Wildman–Crippen LogP) is 4.83. The fourth-order valence-electron chi connectivity index (χ4n) is 2.40. The molecule has 0 bridgehead atoms. The van der Waals surface area contributed by atoms with Crippen molar-refractivity contribution in [3.63, 3.8) is 0 Å². The Bertz CT molecular complexity index is 1070. The van der Waals surface area contributed by atoms with Crippen LogP contribution in [0.3, 0.4) is 0 Å². The van der Waals surface area contributed by atoms with Gasteiger partial charge in [-0.1, -0.05) is 45.2 Å². The molecule has 0 aliphatic carbocycles. The molecule has 0 unspecified atom stereocenters. The lowest BCUT2D eigenvalue weighted by Crippen LogP contribution is -2.06. The number of nitrogens with two attached hydrogens (primary N) is 2. The number of hydrogen-bond acceptors (Lipinski definition) is 6. The molecule has 1 heterocycles. The van der Waals surface area contributed by atoms with Crippen molar-refractivity contribution in [3.05, 3.63) is 62.0 Å². The van der Waals surface area contributed by atoms with Gasteiger partial charge in [-0.05, 0) is 35.9 Å². The van der Waals surface area contributed by atoms with Crippen LogP contribution >= 0.6 is 39.1 Å². The summed E-state index contributed by atoms with van der Waals surface area (Å²) in [5, 5.41) is 10.4. The van der Waals surface area contributed by atoms with Gasteiger partial charge in [-0.25, -0.2) is 4.98 Å². The Kier molecular flexibility index (Phi) is 5.71. The Morgan fingerprint density at radius 3 is 2.56 bits per heavy atom. The minimum absolute atomic E-state index is 0.00964. The predicted molar refractivity (Wildman–Crippen MR) is 110 cm³/mol. The Morgan fingerprint density at radius 1 is 1.07 bits per heavy atom. The summed E-state index contributed by atoms with van der Waals surface area (Å²) in [5.41, 5.74) is 13.4. The average Bonchev–Trinajstić information content (AvgIpc) is 2.63. The third-order valence-corrected chi connectivity index (χ3v) is 4.87. The number of anilines is 2. The van der Waals surface area contributed by atoms with Crippen LogP contribution in [-0.2, 0) is 6.61 Å². The van der Waals surface area contributed by atoms with Crippen molar-refractivity contribution in [3.8, 4) is 23.1 Å². The van der Waals surface area contributed by atoms with Crippen LogP contribution < -0.4 is 16.2 Å². The van der Waals surface area contributed by atoms with Crippen LogP contribution in [0.5, 0.6) is 5.75 Å². The molecule has 0 aliphatic heterocycles. The van der Waals surface area contributed by atoms with Crippen molar-refractivity contribution >= 4 is 50.9 Å². The summed E-state index contributed by atoms with van der Waals surface area (Å²) in [4.78, 5) is 8.02. The minimum atomic E-state index is -0.0306. The lowest BCUT2D eigenvalue weighted by atomic mass is 10.1. The second-order valence-electron chi connectivity index (χ2n) is 5.48. The number of hydrogen-bond donors (Lipinski definition) is 2. The van der Waals surface area contributed by atoms with Crippen molar-refractivity contribution in [2.24, 2.45) is 0 Å². The van der Waals surface area contributed by atoms with Crippen molar-refractivity contribution in [2.75, 3.05) is 11.5 Å². The number of aromatic nitrogens is 2. The molecule has 2 aromatic carbocycles. The van der Waals surface area contributed by atoms with E-state index in [-0.39, 0.29) is 23.9 Å². The van der Waals surface area contributed by atoms with Crippen LogP contribution in [0.15, 0.2) is 40.9 Å². The summed E-state index contributed by atoms with van der Waals surface area (Å²) >= 11 is 15.4. The summed E-state index contributed by atoms with van der Waals surface area (Å²) < 4.78 is 6.71. The van der Waals surface area contributed by atoms with E-state index in [4.69, 9.17) is 39.4 Å². The van der Waals surface area contributed by atoms with E-state index in [1.54, 1.807) is 24.3 Å². The van der Waals surface area contributed by atoms with Crippen LogP contribution in [0.25, 0.3) is 11.3 Å². The highest BCUT2D eigenvalue weighted by atomic mass is 79.9. The second kappa shape index (κ2) is 8.01. The molecule has 3 rings (SSSR count). The van der Waals surface area contributed by atoms with Gasteiger partial charge in [0.25, 0.3) is 0 Å². The van der Waals surface area contributed by atoms with E-state index in [2.05, 4.69) is 25.9 Å². The van der Waals surface area contributed by atoms with Gasteiger partial charge in [0.15, 0.2) is 0 Å². The first kappa shape index (κ1) is 19.2. The first-order chi connectivity index (χ1) is 12.9. The van der Waals surface area contributed by atoms with Crippen LogP contribution in [0, 0.1) is 11.3 Å². The summed E-state index contributed by atoms with van der Waals surface area (Å²) in [6, 6.07) is 12.6. The van der Waals surface area contributed by atoms with Gasteiger partial charge >= 0.3 is 0 Å². The Labute approximate surface area is 173 Å². The van der Waals surface area contributed by atoms with E-state index in [1.165, 1.54) is 0 Å². The van der Waals surface area contributed by atoms with Crippen molar-refractivity contribution in [1.82, 2.24) is 9.97 Å². The summed E-state index contributed by atoms with van der Waals surface area (Å²) in [5.74, 6) is 0.477. The molecule has 3 aromatic rings. The van der Waals surface area contributed by atoms with E-state index in [9.17, 15) is 5.26 Å². The van der Waals surface area contributed by atoms with Gasteiger partial charge < -0.3 is 16.2 Å². The lowest BCUT2D eigenvalue weighted by molar-refractivity contribution is 0.307. The first-order valence-corrected chi connectivity index (χ1v) is 9.13. The molecule has 0 saturated carbocycles. The zero-order chi connectivity index (χ0) is 19.6. The standard InChI is InChI=1S/C18H12BrCl2N5O/c19-10-2-4-15(27-8-9-1-3-13(20)14(21)5-9)11(6-10)16-12(7-22)17(23)26-18(24)25-16/h1-6H,8H2,(H4,23,24,25,26). The number of halogens is 3. The largest absolute Gasteiger partial charge is 0.488 e. The molecule has 136 valence electrons. The molecule has 0 radical (unpaired) electrons. The second-order valence-corrected chi connectivity index (χ2v) is 7.21. The normalized spacial score (nSPS) is 10.4. The minimum Gasteiger partial charge on any atom is -0.488 e. The van der Waals surface area contributed by atoms with Crippen LogP contribution in [-0.4, -0.2) is 9.97 Å². The maximum atomic E-state index is 9.45. The molecular formula is C18H12BrCl2N5O. The monoisotopic (exact) mass is 463 g/mol. The van der Waals surface area contributed by atoms with E-state index in [1.807, 2.05) is 18.2 Å². The van der Waals surface area contributed by atoms with Crippen LogP contribution in [0.2, 0.25) is 10.0 Å². The van der Waals surface area contributed by atoms with Gasteiger partial charge in [0.1, 0.15) is 29.8 Å². The summed E-state index contributed by atoms with van der Waals surface area (Å²) in [6.45, 7) is 0.240. The van der Waals surface area contributed by atoms with Gasteiger partial charge in [-0.2, -0.15) is 10.2 Å². The molecule has 0 saturated heterocycles. The highest BCUT2D eigenvalue weighted by Crippen LogP contribution is 2.35. The number of nitrogen functional groups attached to an aromatic ring is 2. The highest BCUT2D eigenvalue weighted by Gasteiger charge is 2.18. The molecule has 4 N–H and O–H groups in total. The van der Waals surface area contributed by atoms with E-state index in [0.29, 0.717) is 27.1 Å². The number of nitriles is 1. The summed E-state index contributed by atoms with van der Waals surface area (Å²) in [7, 11) is 0. The van der Waals surface area contributed by atoms with Crippen LogP contribution in [0.4, 0.5) is 11.8 Å². The number of benzene rings is 2. The van der Waals surface area contributed by atoms with Gasteiger partial charge in [0.2, 0.25) is 5.95 Å². The summed E-state index contributed by atoms with van der Waals surface area (Å²) in [6.07, 6.45) is 0. The topological polar surface area (TPSA) is 111 Å². The molecular weight excluding hydrogens is 453 g/mol. The molecule has 0 atom stereocenters. The van der Waals surface area contributed by atoms with Gasteiger partial charge in [0.05, 0.1) is 15.7 Å². The van der Waals surface area contributed by atoms with E-state index in [0.717, 1.165) is 10.0 Å². The van der Waals surface area contributed by atoms with Crippen molar-refractivity contribution in [2.45, 2.75) is 6.61 Å². The van der Waals surface area contributed by atoms with Crippen LogP contribution in [0.1, 0.15) is 11.1 Å².